The van der Waals surface area contributed by atoms with Crippen LogP contribution in [-0.4, -0.2) is 27.8 Å². The average molecular weight is 245 g/mol. The number of aromatic nitrogens is 2. The van der Waals surface area contributed by atoms with Crippen LogP contribution in [0.15, 0.2) is 18.2 Å². The average Bonchev–Trinajstić information content (AvgIpc) is 3.11. The van der Waals surface area contributed by atoms with Gasteiger partial charge in [-0.2, -0.15) is 0 Å². The fraction of sp³-hybridized carbons (Fsp3) is 0.500. The Bertz CT molecular complexity index is 584. The van der Waals surface area contributed by atoms with Crippen molar-refractivity contribution in [1.29, 1.82) is 0 Å². The highest BCUT2D eigenvalue weighted by Crippen LogP contribution is 2.44. The summed E-state index contributed by atoms with van der Waals surface area (Å²) in [5.74, 6) is 1.02. The first-order valence-corrected chi connectivity index (χ1v) is 6.41. The monoisotopic (exact) mass is 245 g/mol. The molecule has 1 aliphatic rings. The smallest absolute Gasteiger partial charge is 0.106 e. The first-order chi connectivity index (χ1) is 8.63. The Balaban J connectivity index is 1.81. The van der Waals surface area contributed by atoms with E-state index in [-0.39, 0.29) is 12.0 Å². The summed E-state index contributed by atoms with van der Waals surface area (Å²) in [5.41, 5.74) is 3.39. The molecule has 0 unspecified atom stereocenters. The van der Waals surface area contributed by atoms with E-state index in [1.54, 1.807) is 0 Å². The molecule has 4 heteroatoms. The van der Waals surface area contributed by atoms with Gasteiger partial charge in [-0.3, -0.25) is 0 Å². The molecule has 0 bridgehead atoms. The lowest BCUT2D eigenvalue weighted by Crippen LogP contribution is -2.18. The minimum atomic E-state index is 0.134. The van der Waals surface area contributed by atoms with Crippen molar-refractivity contribution in [2.75, 3.05) is 18.5 Å². The third-order valence-electron chi connectivity index (χ3n) is 4.06. The van der Waals surface area contributed by atoms with Crippen molar-refractivity contribution in [2.45, 2.75) is 19.8 Å². The zero-order valence-corrected chi connectivity index (χ0v) is 10.9. The summed E-state index contributed by atoms with van der Waals surface area (Å²) in [6, 6.07) is 6.25. The lowest BCUT2D eigenvalue weighted by molar-refractivity contribution is 0.220. The number of hydrogen-bond acceptors (Lipinski definition) is 3. The molecule has 0 saturated heterocycles. The van der Waals surface area contributed by atoms with E-state index in [9.17, 15) is 5.11 Å². The van der Waals surface area contributed by atoms with E-state index in [0.717, 1.165) is 41.9 Å². The van der Waals surface area contributed by atoms with Gasteiger partial charge in [-0.05, 0) is 38.0 Å². The van der Waals surface area contributed by atoms with Crippen LogP contribution in [0.4, 0.5) is 5.69 Å². The van der Waals surface area contributed by atoms with Gasteiger partial charge >= 0.3 is 0 Å². The zero-order chi connectivity index (χ0) is 12.8. The molecule has 0 amide bonds. The highest BCUT2D eigenvalue weighted by Gasteiger charge is 2.41. The molecule has 1 aromatic heterocycles. The van der Waals surface area contributed by atoms with Crippen LogP contribution >= 0.6 is 0 Å². The number of rotatable bonds is 4. The number of anilines is 1. The molecule has 4 nitrogen and oxygen atoms in total. The molecule has 0 aliphatic heterocycles. The predicted molar refractivity (Wildman–Crippen MR) is 72.7 cm³/mol. The fourth-order valence-corrected chi connectivity index (χ4v) is 2.29. The number of nitrogens with zero attached hydrogens (tertiary/aromatic N) is 2. The quantitative estimate of drug-likeness (QED) is 0.867. The maximum atomic E-state index is 9.29. The molecule has 3 rings (SSSR count). The molecular formula is C14H19N3O. The molecule has 1 aromatic carbocycles. The molecule has 1 saturated carbocycles. The van der Waals surface area contributed by atoms with Crippen molar-refractivity contribution in [1.82, 2.24) is 9.55 Å². The lowest BCUT2D eigenvalue weighted by Gasteiger charge is -2.13. The van der Waals surface area contributed by atoms with Gasteiger partial charge in [-0.1, -0.05) is 0 Å². The number of aliphatic hydroxyl groups excluding tert-OH is 1. The largest absolute Gasteiger partial charge is 0.396 e. The third kappa shape index (κ3) is 1.86. The van der Waals surface area contributed by atoms with E-state index in [1.807, 2.05) is 14.0 Å². The highest BCUT2D eigenvalue weighted by molar-refractivity contribution is 5.80. The second-order valence-electron chi connectivity index (χ2n) is 5.43. The van der Waals surface area contributed by atoms with Crippen LogP contribution in [0.1, 0.15) is 18.7 Å². The minimum absolute atomic E-state index is 0.134. The maximum absolute atomic E-state index is 9.29. The van der Waals surface area contributed by atoms with E-state index in [0.29, 0.717) is 0 Å². The number of nitrogens with one attached hydrogen (secondary N) is 1. The SMILES string of the molecule is Cc1nc2cc(NCC3(CO)CC3)ccc2n1C. The maximum Gasteiger partial charge on any atom is 0.106 e. The summed E-state index contributed by atoms with van der Waals surface area (Å²) in [6.45, 7) is 3.14. The first-order valence-electron chi connectivity index (χ1n) is 6.41. The van der Waals surface area contributed by atoms with Gasteiger partial charge in [0, 0.05) is 24.7 Å². The Kier molecular flexibility index (Phi) is 2.55. The minimum Gasteiger partial charge on any atom is -0.396 e. The summed E-state index contributed by atoms with van der Waals surface area (Å²) >= 11 is 0. The second-order valence-corrected chi connectivity index (χ2v) is 5.43. The number of imidazole rings is 1. The van der Waals surface area contributed by atoms with Gasteiger partial charge < -0.3 is 15.0 Å². The molecule has 18 heavy (non-hydrogen) atoms. The van der Waals surface area contributed by atoms with Crippen LogP contribution in [0, 0.1) is 12.3 Å². The van der Waals surface area contributed by atoms with E-state index < -0.39 is 0 Å². The molecule has 2 N–H and O–H groups in total. The van der Waals surface area contributed by atoms with Crippen LogP contribution in [-0.2, 0) is 7.05 Å². The Morgan fingerprint density at radius 2 is 2.22 bits per heavy atom. The molecular weight excluding hydrogens is 226 g/mol. The normalized spacial score (nSPS) is 17.1. The first kappa shape index (κ1) is 11.5. The van der Waals surface area contributed by atoms with Gasteiger partial charge in [-0.25, -0.2) is 4.98 Å². The van der Waals surface area contributed by atoms with Crippen molar-refractivity contribution in [3.8, 4) is 0 Å². The van der Waals surface area contributed by atoms with Crippen LogP contribution < -0.4 is 5.32 Å². The van der Waals surface area contributed by atoms with Crippen molar-refractivity contribution >= 4 is 16.7 Å². The molecule has 1 fully saturated rings. The Morgan fingerprint density at radius 3 is 2.89 bits per heavy atom. The van der Waals surface area contributed by atoms with E-state index >= 15 is 0 Å². The van der Waals surface area contributed by atoms with Crippen LogP contribution in [0.3, 0.4) is 0 Å². The van der Waals surface area contributed by atoms with Gasteiger partial charge in [0.25, 0.3) is 0 Å². The van der Waals surface area contributed by atoms with Crippen molar-refractivity contribution in [3.63, 3.8) is 0 Å². The summed E-state index contributed by atoms with van der Waals surface area (Å²) in [6.07, 6.45) is 2.25. The van der Waals surface area contributed by atoms with Crippen LogP contribution in [0.5, 0.6) is 0 Å². The van der Waals surface area contributed by atoms with E-state index in [4.69, 9.17) is 0 Å². The molecule has 1 heterocycles. The third-order valence-corrected chi connectivity index (χ3v) is 4.06. The van der Waals surface area contributed by atoms with Crippen LogP contribution in [0.25, 0.3) is 11.0 Å². The number of hydrogen-bond donors (Lipinski definition) is 2. The van der Waals surface area contributed by atoms with Gasteiger partial charge in [-0.15, -0.1) is 0 Å². The highest BCUT2D eigenvalue weighted by atomic mass is 16.3. The number of fused-ring (bicyclic) bond motifs is 1. The van der Waals surface area contributed by atoms with Gasteiger partial charge in [0.15, 0.2) is 0 Å². The summed E-state index contributed by atoms with van der Waals surface area (Å²) < 4.78 is 2.09. The molecule has 0 spiro atoms. The molecule has 1 aliphatic carbocycles. The topological polar surface area (TPSA) is 50.1 Å². The number of benzene rings is 1. The van der Waals surface area contributed by atoms with E-state index in [2.05, 4.69) is 33.1 Å². The number of aryl methyl sites for hydroxylation is 2. The Labute approximate surface area is 107 Å². The predicted octanol–water partition coefficient (Wildman–Crippen LogP) is 2.07. The standard InChI is InChI=1S/C14H19N3O/c1-10-16-12-7-11(3-4-13(12)17(10)2)15-8-14(9-18)5-6-14/h3-4,7,15,18H,5-6,8-9H2,1-2H3. The number of aliphatic hydroxyl groups is 1. The lowest BCUT2D eigenvalue weighted by atomic mass is 10.1. The van der Waals surface area contributed by atoms with Gasteiger partial charge in [0.05, 0.1) is 17.6 Å². The second kappa shape index (κ2) is 3.99. The van der Waals surface area contributed by atoms with E-state index in [1.165, 1.54) is 0 Å². The van der Waals surface area contributed by atoms with Gasteiger partial charge in [0.2, 0.25) is 0 Å². The summed E-state index contributed by atoms with van der Waals surface area (Å²) in [5, 5.41) is 12.7. The van der Waals surface area contributed by atoms with Crippen molar-refractivity contribution < 1.29 is 5.11 Å². The summed E-state index contributed by atoms with van der Waals surface area (Å²) in [4.78, 5) is 4.53. The molecule has 0 radical (unpaired) electrons. The Hall–Kier alpha value is -1.55. The molecule has 0 atom stereocenters. The van der Waals surface area contributed by atoms with Crippen LogP contribution in [0.2, 0.25) is 0 Å². The molecule has 2 aromatic rings. The van der Waals surface area contributed by atoms with Crippen molar-refractivity contribution in [2.24, 2.45) is 12.5 Å². The summed E-state index contributed by atoms with van der Waals surface area (Å²) in [7, 11) is 2.03. The van der Waals surface area contributed by atoms with Crippen molar-refractivity contribution in [3.05, 3.63) is 24.0 Å². The molecule has 96 valence electrons. The Morgan fingerprint density at radius 1 is 1.44 bits per heavy atom. The van der Waals surface area contributed by atoms with Gasteiger partial charge in [0.1, 0.15) is 5.82 Å². The zero-order valence-electron chi connectivity index (χ0n) is 10.9. The fourth-order valence-electron chi connectivity index (χ4n) is 2.29.